The van der Waals surface area contributed by atoms with Gasteiger partial charge in [-0.25, -0.2) is 5.43 Å². The van der Waals surface area contributed by atoms with E-state index < -0.39 is 5.91 Å². The Morgan fingerprint density at radius 1 is 1.30 bits per heavy atom. The molecule has 1 amide bonds. The maximum absolute atomic E-state index is 11.5. The van der Waals surface area contributed by atoms with Gasteiger partial charge in [-0.1, -0.05) is 29.3 Å². The number of carbonyl (C=O) groups excluding carboxylic acids is 1. The van der Waals surface area contributed by atoms with Gasteiger partial charge in [-0.2, -0.15) is 5.10 Å². The molecule has 5 nitrogen and oxygen atoms in total. The largest absolute Gasteiger partial charge is 0.481 e. The molecule has 1 aromatic heterocycles. The zero-order valence-electron chi connectivity index (χ0n) is 10.3. The zero-order valence-corrected chi connectivity index (χ0v) is 11.8. The summed E-state index contributed by atoms with van der Waals surface area (Å²) in [6.45, 7) is -0.231. The molecule has 0 spiro atoms. The van der Waals surface area contributed by atoms with Crippen LogP contribution in [0.15, 0.2) is 41.6 Å². The topological polar surface area (TPSA) is 66.5 Å². The van der Waals surface area contributed by atoms with E-state index in [1.54, 1.807) is 24.4 Å². The predicted molar refractivity (Wildman–Crippen MR) is 78.5 cm³/mol. The molecule has 0 aliphatic heterocycles. The van der Waals surface area contributed by atoms with E-state index in [2.05, 4.69) is 15.5 Å². The van der Waals surface area contributed by atoms with Crippen molar-refractivity contribution in [3.05, 3.63) is 52.3 Å². The molecule has 0 saturated heterocycles. The van der Waals surface area contributed by atoms with Crippen LogP contribution in [0.1, 0.15) is 5.69 Å². The van der Waals surface area contributed by atoms with E-state index in [4.69, 9.17) is 27.9 Å². The lowest BCUT2D eigenvalue weighted by molar-refractivity contribution is -0.123. The van der Waals surface area contributed by atoms with Crippen LogP contribution >= 0.6 is 23.2 Å². The summed E-state index contributed by atoms with van der Waals surface area (Å²) >= 11 is 11.8. The Hall–Kier alpha value is -1.98. The maximum atomic E-state index is 11.5. The number of nitrogens with zero attached hydrogens (tertiary/aromatic N) is 1. The average Bonchev–Trinajstić information content (AvgIpc) is 2.91. The smallest absolute Gasteiger partial charge is 0.277 e. The van der Waals surface area contributed by atoms with Crippen molar-refractivity contribution in [2.45, 2.75) is 0 Å². The summed E-state index contributed by atoms with van der Waals surface area (Å²) in [7, 11) is 0. The normalized spacial score (nSPS) is 10.7. The standard InChI is InChI=1S/C13H11Cl2N3O2/c14-10-4-1-5-11(15)13(10)20-8-12(19)18-17-7-9-3-2-6-16-9/h1-7,16H,8H2,(H,18,19)/b17-7+. The van der Waals surface area contributed by atoms with Crippen LogP contribution in [0.2, 0.25) is 10.0 Å². The first-order chi connectivity index (χ1) is 9.66. The molecule has 0 atom stereocenters. The first kappa shape index (κ1) is 14.4. The van der Waals surface area contributed by atoms with Gasteiger partial charge in [-0.15, -0.1) is 0 Å². The van der Waals surface area contributed by atoms with Gasteiger partial charge in [-0.05, 0) is 24.3 Å². The van der Waals surface area contributed by atoms with Crippen LogP contribution in [0, 0.1) is 0 Å². The van der Waals surface area contributed by atoms with Gasteiger partial charge in [0.1, 0.15) is 0 Å². The molecular weight excluding hydrogens is 301 g/mol. The number of benzene rings is 1. The summed E-state index contributed by atoms with van der Waals surface area (Å²) in [6, 6.07) is 8.59. The first-order valence-corrected chi connectivity index (χ1v) is 6.44. The lowest BCUT2D eigenvalue weighted by Gasteiger charge is -2.08. The van der Waals surface area contributed by atoms with Crippen molar-refractivity contribution in [2.75, 3.05) is 6.61 Å². The Bertz CT molecular complexity index is 592. The molecule has 0 bridgehead atoms. The summed E-state index contributed by atoms with van der Waals surface area (Å²) in [4.78, 5) is 14.4. The summed E-state index contributed by atoms with van der Waals surface area (Å²) in [6.07, 6.45) is 3.24. The van der Waals surface area contributed by atoms with Crippen LogP contribution < -0.4 is 10.2 Å². The molecule has 0 aliphatic rings. The van der Waals surface area contributed by atoms with E-state index in [1.807, 2.05) is 12.1 Å². The van der Waals surface area contributed by atoms with Crippen molar-refractivity contribution < 1.29 is 9.53 Å². The Morgan fingerprint density at radius 3 is 2.70 bits per heavy atom. The summed E-state index contributed by atoms with van der Waals surface area (Å²) < 4.78 is 5.26. The fourth-order valence-corrected chi connectivity index (χ4v) is 1.90. The second-order valence-corrected chi connectivity index (χ2v) is 4.57. The molecule has 1 heterocycles. The number of aromatic amines is 1. The van der Waals surface area contributed by atoms with Gasteiger partial charge in [0.2, 0.25) is 0 Å². The zero-order chi connectivity index (χ0) is 14.4. The van der Waals surface area contributed by atoms with Crippen LogP contribution in [0.4, 0.5) is 0 Å². The highest BCUT2D eigenvalue weighted by atomic mass is 35.5. The number of para-hydroxylation sites is 1. The highest BCUT2D eigenvalue weighted by Gasteiger charge is 2.08. The molecule has 0 radical (unpaired) electrons. The van der Waals surface area contributed by atoms with Crippen molar-refractivity contribution in [3.63, 3.8) is 0 Å². The lowest BCUT2D eigenvalue weighted by atomic mass is 10.3. The van der Waals surface area contributed by atoms with Crippen LogP contribution in [-0.4, -0.2) is 23.7 Å². The number of hydrazone groups is 1. The number of ether oxygens (including phenoxy) is 1. The minimum Gasteiger partial charge on any atom is -0.481 e. The third-order valence-electron chi connectivity index (χ3n) is 2.28. The van der Waals surface area contributed by atoms with Crippen LogP contribution in [-0.2, 0) is 4.79 Å². The summed E-state index contributed by atoms with van der Waals surface area (Å²) in [5.74, 6) is -0.136. The van der Waals surface area contributed by atoms with Crippen molar-refractivity contribution in [1.82, 2.24) is 10.4 Å². The lowest BCUT2D eigenvalue weighted by Crippen LogP contribution is -2.24. The number of hydrogen-bond acceptors (Lipinski definition) is 3. The van der Waals surface area contributed by atoms with Crippen molar-refractivity contribution in [3.8, 4) is 5.75 Å². The van der Waals surface area contributed by atoms with E-state index in [0.29, 0.717) is 10.0 Å². The molecule has 0 fully saturated rings. The summed E-state index contributed by atoms with van der Waals surface area (Å²) in [5, 5.41) is 4.46. The Labute approximate surface area is 125 Å². The number of amides is 1. The van der Waals surface area contributed by atoms with Gasteiger partial charge >= 0.3 is 0 Å². The number of aromatic nitrogens is 1. The molecule has 2 aromatic rings. The Balaban J connectivity index is 1.83. The van der Waals surface area contributed by atoms with Crippen molar-refractivity contribution >= 4 is 35.3 Å². The highest BCUT2D eigenvalue weighted by molar-refractivity contribution is 6.37. The second-order valence-electron chi connectivity index (χ2n) is 3.76. The van der Waals surface area contributed by atoms with Gasteiger partial charge in [-0.3, -0.25) is 4.79 Å². The predicted octanol–water partition coefficient (Wildman–Crippen LogP) is 2.85. The number of hydrogen-bond donors (Lipinski definition) is 2. The van der Waals surface area contributed by atoms with Gasteiger partial charge < -0.3 is 9.72 Å². The second kappa shape index (κ2) is 6.98. The van der Waals surface area contributed by atoms with Crippen LogP contribution in [0.5, 0.6) is 5.75 Å². The van der Waals surface area contributed by atoms with Gasteiger partial charge in [0.05, 0.1) is 22.0 Å². The average molecular weight is 312 g/mol. The van der Waals surface area contributed by atoms with Gasteiger partial charge in [0, 0.05) is 6.20 Å². The fraction of sp³-hybridized carbons (Fsp3) is 0.0769. The minimum absolute atomic E-state index is 0.231. The number of nitrogens with one attached hydrogen (secondary N) is 2. The molecule has 2 rings (SSSR count). The van der Waals surface area contributed by atoms with E-state index in [1.165, 1.54) is 6.21 Å². The van der Waals surface area contributed by atoms with Crippen molar-refractivity contribution in [1.29, 1.82) is 0 Å². The third-order valence-corrected chi connectivity index (χ3v) is 2.88. The molecule has 0 saturated carbocycles. The number of halogens is 2. The van der Waals surface area contributed by atoms with E-state index in [9.17, 15) is 4.79 Å². The third kappa shape index (κ3) is 4.01. The van der Waals surface area contributed by atoms with E-state index in [-0.39, 0.29) is 12.4 Å². The van der Waals surface area contributed by atoms with E-state index >= 15 is 0 Å². The molecule has 104 valence electrons. The molecule has 20 heavy (non-hydrogen) atoms. The highest BCUT2D eigenvalue weighted by Crippen LogP contribution is 2.32. The molecule has 0 aliphatic carbocycles. The quantitative estimate of drug-likeness (QED) is 0.658. The number of carbonyl (C=O) groups is 1. The SMILES string of the molecule is O=C(COc1c(Cl)cccc1Cl)N/N=C/c1ccc[nH]1. The van der Waals surface area contributed by atoms with Crippen LogP contribution in [0.3, 0.4) is 0 Å². The number of H-pyrrole nitrogens is 1. The number of rotatable bonds is 5. The van der Waals surface area contributed by atoms with E-state index in [0.717, 1.165) is 5.69 Å². The Kier molecular flexibility index (Phi) is 5.03. The van der Waals surface area contributed by atoms with Gasteiger partial charge in [0.15, 0.2) is 12.4 Å². The maximum Gasteiger partial charge on any atom is 0.277 e. The first-order valence-electron chi connectivity index (χ1n) is 5.69. The molecule has 0 unspecified atom stereocenters. The van der Waals surface area contributed by atoms with Gasteiger partial charge in [0.25, 0.3) is 5.91 Å². The van der Waals surface area contributed by atoms with Crippen LogP contribution in [0.25, 0.3) is 0 Å². The minimum atomic E-state index is -0.413. The monoisotopic (exact) mass is 311 g/mol. The Morgan fingerprint density at radius 2 is 2.05 bits per heavy atom. The molecular formula is C13H11Cl2N3O2. The molecule has 7 heteroatoms. The molecule has 2 N–H and O–H groups in total. The fourth-order valence-electron chi connectivity index (χ4n) is 1.39. The molecule has 1 aromatic carbocycles. The summed E-state index contributed by atoms with van der Waals surface area (Å²) in [5.41, 5.74) is 3.11. The van der Waals surface area contributed by atoms with Crippen molar-refractivity contribution in [2.24, 2.45) is 5.10 Å².